The second kappa shape index (κ2) is 11.4. The van der Waals surface area contributed by atoms with Crippen molar-refractivity contribution < 1.29 is 4.74 Å². The van der Waals surface area contributed by atoms with Gasteiger partial charge in [0.1, 0.15) is 0 Å². The van der Waals surface area contributed by atoms with E-state index in [2.05, 4.69) is 56.3 Å². The maximum atomic E-state index is 6.66. The van der Waals surface area contributed by atoms with Gasteiger partial charge in [0.2, 0.25) is 0 Å². The van der Waals surface area contributed by atoms with Crippen LogP contribution >= 0.6 is 0 Å². The first-order valence-corrected chi connectivity index (χ1v) is 14.5. The normalized spacial score (nSPS) is 28.8. The van der Waals surface area contributed by atoms with Gasteiger partial charge in [-0.3, -0.25) is 0 Å². The second-order valence-corrected chi connectivity index (χ2v) is 11.8. The molecule has 0 radical (unpaired) electrons. The summed E-state index contributed by atoms with van der Waals surface area (Å²) in [5, 5.41) is 0. The Labute approximate surface area is 208 Å². The van der Waals surface area contributed by atoms with Crippen molar-refractivity contribution in [3.8, 4) is 11.1 Å². The Bertz CT molecular complexity index is 905. The number of fused-ring (bicyclic) bond motifs is 3. The minimum atomic E-state index is 0.339. The van der Waals surface area contributed by atoms with Gasteiger partial charge in [-0.15, -0.1) is 0 Å². The number of ether oxygens (including phenoxy) is 1. The minimum Gasteiger partial charge on any atom is -0.373 e. The smallest absolute Gasteiger partial charge is 0.0856 e. The van der Waals surface area contributed by atoms with E-state index >= 15 is 0 Å². The van der Waals surface area contributed by atoms with E-state index in [0.29, 0.717) is 6.10 Å². The summed E-state index contributed by atoms with van der Waals surface area (Å²) in [4.78, 5) is 0. The lowest BCUT2D eigenvalue weighted by Gasteiger charge is -2.44. The van der Waals surface area contributed by atoms with E-state index in [1.165, 1.54) is 111 Å². The summed E-state index contributed by atoms with van der Waals surface area (Å²) >= 11 is 0. The molecule has 184 valence electrons. The highest BCUT2D eigenvalue weighted by Crippen LogP contribution is 2.48. The van der Waals surface area contributed by atoms with Gasteiger partial charge in [0.15, 0.2) is 0 Å². The van der Waals surface area contributed by atoms with Gasteiger partial charge >= 0.3 is 0 Å². The maximum Gasteiger partial charge on any atom is 0.0856 e. The summed E-state index contributed by atoms with van der Waals surface area (Å²) in [6.07, 6.45) is 18.8. The lowest BCUT2D eigenvalue weighted by Crippen LogP contribution is -2.36. The van der Waals surface area contributed by atoms with Crippen LogP contribution in [-0.2, 0) is 11.2 Å². The molecule has 3 unspecified atom stereocenters. The van der Waals surface area contributed by atoms with Crippen LogP contribution in [0.2, 0.25) is 0 Å². The van der Waals surface area contributed by atoms with Gasteiger partial charge in [0.05, 0.1) is 12.7 Å². The van der Waals surface area contributed by atoms with Gasteiger partial charge in [-0.2, -0.15) is 0 Å². The van der Waals surface area contributed by atoms with Crippen molar-refractivity contribution >= 4 is 0 Å². The van der Waals surface area contributed by atoms with Crippen molar-refractivity contribution in [3.63, 3.8) is 0 Å². The van der Waals surface area contributed by atoms with Crippen LogP contribution in [-0.4, -0.2) is 6.61 Å². The van der Waals surface area contributed by atoms with Crippen LogP contribution < -0.4 is 0 Å². The molecule has 1 nitrogen and oxygen atoms in total. The van der Waals surface area contributed by atoms with E-state index in [-0.39, 0.29) is 0 Å². The number of benzene rings is 2. The Morgan fingerprint density at radius 1 is 0.765 bits per heavy atom. The third kappa shape index (κ3) is 5.62. The van der Waals surface area contributed by atoms with Gasteiger partial charge in [-0.25, -0.2) is 0 Å². The van der Waals surface area contributed by atoms with Gasteiger partial charge < -0.3 is 4.74 Å². The molecule has 1 saturated carbocycles. The van der Waals surface area contributed by atoms with E-state index in [1.807, 2.05) is 0 Å². The second-order valence-electron chi connectivity index (χ2n) is 11.8. The molecule has 34 heavy (non-hydrogen) atoms. The Hall–Kier alpha value is -1.60. The molecule has 1 saturated heterocycles. The van der Waals surface area contributed by atoms with Crippen LogP contribution in [0.1, 0.15) is 107 Å². The van der Waals surface area contributed by atoms with Crippen molar-refractivity contribution in [2.24, 2.45) is 23.7 Å². The number of rotatable bonds is 8. The molecule has 2 aromatic rings. The third-order valence-electron chi connectivity index (χ3n) is 9.42. The van der Waals surface area contributed by atoms with Crippen molar-refractivity contribution in [1.29, 1.82) is 0 Å². The summed E-state index contributed by atoms with van der Waals surface area (Å²) in [6.45, 7) is 5.46. The number of hydrogen-bond donors (Lipinski definition) is 0. The first-order chi connectivity index (χ1) is 16.7. The van der Waals surface area contributed by atoms with Crippen molar-refractivity contribution in [3.05, 3.63) is 59.2 Å². The largest absolute Gasteiger partial charge is 0.373 e. The zero-order valence-electron chi connectivity index (χ0n) is 21.7. The highest BCUT2D eigenvalue weighted by molar-refractivity contribution is 5.65. The van der Waals surface area contributed by atoms with Gasteiger partial charge in [-0.05, 0) is 85.0 Å². The highest BCUT2D eigenvalue weighted by Gasteiger charge is 2.39. The zero-order chi connectivity index (χ0) is 23.3. The van der Waals surface area contributed by atoms with Gasteiger partial charge in [-0.1, -0.05) is 106 Å². The Morgan fingerprint density at radius 3 is 2.32 bits per heavy atom. The molecule has 0 amide bonds. The fourth-order valence-electron chi connectivity index (χ4n) is 7.24. The van der Waals surface area contributed by atoms with Crippen LogP contribution in [0.25, 0.3) is 11.1 Å². The molecule has 1 heteroatoms. The van der Waals surface area contributed by atoms with E-state index in [0.717, 1.165) is 30.3 Å². The molecule has 5 rings (SSSR count). The summed E-state index contributed by atoms with van der Waals surface area (Å²) in [7, 11) is 0. The minimum absolute atomic E-state index is 0.339. The monoisotopic (exact) mass is 458 g/mol. The summed E-state index contributed by atoms with van der Waals surface area (Å²) in [5.74, 6) is 3.47. The van der Waals surface area contributed by atoms with Gasteiger partial charge in [0, 0.05) is 0 Å². The van der Waals surface area contributed by atoms with Crippen LogP contribution in [0.4, 0.5) is 0 Å². The Morgan fingerprint density at radius 2 is 1.53 bits per heavy atom. The number of hydrogen-bond acceptors (Lipinski definition) is 1. The Balaban J connectivity index is 1.13. The average molecular weight is 459 g/mol. The SMILES string of the molecule is CCCCCCCC1CCC(C2COC3c4ccc(-c5ccc(C)cc5)cc4CCC3C2)CC1. The van der Waals surface area contributed by atoms with E-state index in [1.54, 1.807) is 0 Å². The van der Waals surface area contributed by atoms with Crippen LogP contribution in [0.3, 0.4) is 0 Å². The summed E-state index contributed by atoms with van der Waals surface area (Å²) in [6, 6.07) is 16.1. The molecule has 1 aliphatic heterocycles. The molecule has 1 heterocycles. The molecule has 2 fully saturated rings. The average Bonchev–Trinajstić information content (AvgIpc) is 2.88. The summed E-state index contributed by atoms with van der Waals surface area (Å²) < 4.78 is 6.66. The molecule has 3 atom stereocenters. The lowest BCUT2D eigenvalue weighted by atomic mass is 9.68. The molecule has 3 aliphatic rings. The van der Waals surface area contributed by atoms with E-state index < -0.39 is 0 Å². The van der Waals surface area contributed by atoms with Crippen molar-refractivity contribution in [2.45, 2.75) is 103 Å². The fourth-order valence-corrected chi connectivity index (χ4v) is 7.24. The molecule has 0 aromatic heterocycles. The molecule has 2 aromatic carbocycles. The standard InChI is InChI=1S/C33H46O/c1-3-4-5-6-7-8-25-11-15-27(16-12-25)31-22-30-18-17-29-21-28(26-13-9-24(2)10-14-26)19-20-32(29)33(30)34-23-31/h9-10,13-14,19-21,25,27,30-31,33H,3-8,11-12,15-18,22-23H2,1-2H3. The van der Waals surface area contributed by atoms with Crippen LogP contribution in [0, 0.1) is 30.6 Å². The van der Waals surface area contributed by atoms with Crippen LogP contribution in [0.15, 0.2) is 42.5 Å². The predicted octanol–water partition coefficient (Wildman–Crippen LogP) is 9.47. The first-order valence-electron chi connectivity index (χ1n) is 14.5. The molecule has 0 bridgehead atoms. The third-order valence-corrected chi connectivity index (χ3v) is 9.42. The molecule has 0 spiro atoms. The highest BCUT2D eigenvalue weighted by atomic mass is 16.5. The van der Waals surface area contributed by atoms with Crippen LogP contribution in [0.5, 0.6) is 0 Å². The van der Waals surface area contributed by atoms with Crippen molar-refractivity contribution in [2.75, 3.05) is 6.61 Å². The topological polar surface area (TPSA) is 9.23 Å². The quantitative estimate of drug-likeness (QED) is 0.358. The number of aryl methyl sites for hydroxylation is 2. The summed E-state index contributed by atoms with van der Waals surface area (Å²) in [5.41, 5.74) is 7.02. The maximum absolute atomic E-state index is 6.66. The molecular formula is C33H46O. The zero-order valence-corrected chi connectivity index (χ0v) is 21.7. The molecular weight excluding hydrogens is 412 g/mol. The lowest BCUT2D eigenvalue weighted by molar-refractivity contribution is -0.0841. The Kier molecular flexibility index (Phi) is 8.10. The van der Waals surface area contributed by atoms with E-state index in [9.17, 15) is 0 Å². The number of unbranched alkanes of at least 4 members (excludes halogenated alkanes) is 4. The van der Waals surface area contributed by atoms with E-state index in [4.69, 9.17) is 4.74 Å². The fraction of sp³-hybridized carbons (Fsp3) is 0.636. The van der Waals surface area contributed by atoms with Gasteiger partial charge in [0.25, 0.3) is 0 Å². The predicted molar refractivity (Wildman–Crippen MR) is 144 cm³/mol. The van der Waals surface area contributed by atoms with Crippen molar-refractivity contribution in [1.82, 2.24) is 0 Å². The first kappa shape index (κ1) is 24.1. The molecule has 0 N–H and O–H groups in total. The molecule has 2 aliphatic carbocycles.